The molecule has 2 aromatic rings. The highest BCUT2D eigenvalue weighted by molar-refractivity contribution is 5.82. The fraction of sp³-hybridized carbons (Fsp3) is 0.526. The first kappa shape index (κ1) is 15.1. The summed E-state index contributed by atoms with van der Waals surface area (Å²) in [4.78, 5) is 32.7. The molecule has 6 nitrogen and oxygen atoms in total. The molecule has 3 atom stereocenters. The number of ether oxygens (including phenoxy) is 1. The van der Waals surface area contributed by atoms with E-state index in [4.69, 9.17) is 9.72 Å². The van der Waals surface area contributed by atoms with Crippen LogP contribution in [0, 0.1) is 0 Å². The summed E-state index contributed by atoms with van der Waals surface area (Å²) in [5.41, 5.74) is 0.756. The molecule has 0 spiro atoms. The summed E-state index contributed by atoms with van der Waals surface area (Å²) in [7, 11) is 0. The lowest BCUT2D eigenvalue weighted by Gasteiger charge is -2.30. The number of hydrogen-bond acceptors (Lipinski definition) is 4. The van der Waals surface area contributed by atoms with Gasteiger partial charge in [0, 0.05) is 25.6 Å². The van der Waals surface area contributed by atoms with E-state index in [9.17, 15) is 9.59 Å². The first-order valence-corrected chi connectivity index (χ1v) is 9.14. The molecule has 25 heavy (non-hydrogen) atoms. The van der Waals surface area contributed by atoms with E-state index in [1.807, 2.05) is 29.2 Å². The van der Waals surface area contributed by atoms with Crippen molar-refractivity contribution in [1.82, 2.24) is 14.5 Å². The molecule has 0 radical (unpaired) electrons. The van der Waals surface area contributed by atoms with Crippen LogP contribution in [-0.4, -0.2) is 45.2 Å². The van der Waals surface area contributed by atoms with Gasteiger partial charge in [-0.05, 0) is 37.8 Å². The number of carbonyl (C=O) groups is 1. The van der Waals surface area contributed by atoms with Crippen LogP contribution in [-0.2, 0) is 22.5 Å². The van der Waals surface area contributed by atoms with Gasteiger partial charge in [0.1, 0.15) is 11.9 Å². The van der Waals surface area contributed by atoms with E-state index in [1.165, 1.54) is 0 Å². The molecule has 1 amide bonds. The molecule has 0 N–H and O–H groups in total. The van der Waals surface area contributed by atoms with Crippen molar-refractivity contribution in [1.29, 1.82) is 0 Å². The number of nitrogens with zero attached hydrogens (tertiary/aromatic N) is 3. The highest BCUT2D eigenvalue weighted by atomic mass is 16.5. The zero-order valence-corrected chi connectivity index (χ0v) is 14.1. The molecule has 2 saturated heterocycles. The highest BCUT2D eigenvalue weighted by Crippen LogP contribution is 2.32. The molecular formula is C19H21N3O3. The Morgan fingerprint density at radius 2 is 2.00 bits per heavy atom. The first-order valence-electron chi connectivity index (χ1n) is 9.14. The summed E-state index contributed by atoms with van der Waals surface area (Å²) in [5, 5.41) is 0.654. The molecule has 6 heteroatoms. The smallest absolute Gasteiger partial charge is 0.261 e. The van der Waals surface area contributed by atoms with Crippen LogP contribution in [0.1, 0.15) is 31.5 Å². The molecule has 2 fully saturated rings. The number of carbonyl (C=O) groups excluding carboxylic acids is 1. The molecule has 0 aliphatic carbocycles. The lowest BCUT2D eigenvalue weighted by Crippen LogP contribution is -2.47. The van der Waals surface area contributed by atoms with Gasteiger partial charge in [0.05, 0.1) is 16.9 Å². The summed E-state index contributed by atoms with van der Waals surface area (Å²) in [5.74, 6) is 0.913. The summed E-state index contributed by atoms with van der Waals surface area (Å²) >= 11 is 0. The average Bonchev–Trinajstić information content (AvgIpc) is 3.24. The number of benzene rings is 1. The number of amides is 1. The quantitative estimate of drug-likeness (QED) is 0.790. The van der Waals surface area contributed by atoms with Gasteiger partial charge in [0.2, 0.25) is 0 Å². The van der Waals surface area contributed by atoms with Gasteiger partial charge in [-0.1, -0.05) is 12.1 Å². The fourth-order valence-corrected chi connectivity index (χ4v) is 4.62. The third kappa shape index (κ3) is 2.31. The fourth-order valence-electron chi connectivity index (χ4n) is 4.62. The Balaban J connectivity index is 1.56. The molecule has 2 bridgehead atoms. The second kappa shape index (κ2) is 5.66. The standard InChI is InChI=1S/C19H21N3O3/c23-18-14-4-1-2-5-15(14)20-17-10-12-7-8-13(11-21(17)18)22(12)19(24)16-6-3-9-25-16/h1-2,4-5,12-13,16H,3,6-11H2/t12-,13+,16-/m0/s1. The van der Waals surface area contributed by atoms with Gasteiger partial charge in [0.25, 0.3) is 11.5 Å². The SMILES string of the molecule is O=C([C@@H]1CCCO1)N1[C@@H]2CC[C@H]1Cc1nc3ccccc3c(=O)n1C2. The average molecular weight is 339 g/mol. The minimum Gasteiger partial charge on any atom is -0.368 e. The van der Waals surface area contributed by atoms with Crippen LogP contribution in [0.5, 0.6) is 0 Å². The predicted octanol–water partition coefficient (Wildman–Crippen LogP) is 1.49. The van der Waals surface area contributed by atoms with Crippen LogP contribution in [0.3, 0.4) is 0 Å². The minimum absolute atomic E-state index is 0.0117. The topological polar surface area (TPSA) is 64.4 Å². The summed E-state index contributed by atoms with van der Waals surface area (Å²) in [6.45, 7) is 1.22. The van der Waals surface area contributed by atoms with Crippen molar-refractivity contribution in [2.45, 2.75) is 56.8 Å². The Hall–Kier alpha value is -2.21. The Kier molecular flexibility index (Phi) is 3.41. The number of fused-ring (bicyclic) bond motifs is 4. The number of aromatic nitrogens is 2. The normalized spacial score (nSPS) is 28.2. The molecule has 0 saturated carbocycles. The Bertz CT molecular complexity index is 900. The van der Waals surface area contributed by atoms with E-state index in [0.29, 0.717) is 25.0 Å². The second-order valence-corrected chi connectivity index (χ2v) is 7.30. The van der Waals surface area contributed by atoms with Crippen LogP contribution in [0.2, 0.25) is 0 Å². The Morgan fingerprint density at radius 3 is 2.84 bits per heavy atom. The largest absolute Gasteiger partial charge is 0.368 e. The van der Waals surface area contributed by atoms with Gasteiger partial charge in [-0.25, -0.2) is 4.98 Å². The third-order valence-corrected chi connectivity index (χ3v) is 5.83. The zero-order chi connectivity index (χ0) is 17.0. The molecule has 4 heterocycles. The van der Waals surface area contributed by atoms with E-state index in [1.54, 1.807) is 4.57 Å². The molecule has 130 valence electrons. The van der Waals surface area contributed by atoms with E-state index >= 15 is 0 Å². The summed E-state index contributed by atoms with van der Waals surface area (Å²) in [6.07, 6.45) is 4.03. The van der Waals surface area contributed by atoms with Gasteiger partial charge >= 0.3 is 0 Å². The van der Waals surface area contributed by atoms with Crippen molar-refractivity contribution in [3.05, 3.63) is 40.4 Å². The van der Waals surface area contributed by atoms with Gasteiger partial charge in [-0.2, -0.15) is 0 Å². The van der Waals surface area contributed by atoms with Gasteiger partial charge < -0.3 is 9.64 Å². The Morgan fingerprint density at radius 1 is 1.16 bits per heavy atom. The lowest BCUT2D eigenvalue weighted by molar-refractivity contribution is -0.144. The van der Waals surface area contributed by atoms with Crippen molar-refractivity contribution >= 4 is 16.8 Å². The number of rotatable bonds is 1. The maximum atomic E-state index is 13.0. The maximum absolute atomic E-state index is 13.0. The van der Waals surface area contributed by atoms with Crippen molar-refractivity contribution in [3.63, 3.8) is 0 Å². The van der Waals surface area contributed by atoms with Crippen LogP contribution < -0.4 is 5.56 Å². The molecule has 1 aromatic carbocycles. The highest BCUT2D eigenvalue weighted by Gasteiger charge is 2.43. The first-order chi connectivity index (χ1) is 12.2. The van der Waals surface area contributed by atoms with E-state index < -0.39 is 0 Å². The van der Waals surface area contributed by atoms with Crippen LogP contribution in [0.25, 0.3) is 10.9 Å². The van der Waals surface area contributed by atoms with Crippen molar-refractivity contribution in [3.8, 4) is 0 Å². The van der Waals surface area contributed by atoms with Crippen molar-refractivity contribution in [2.24, 2.45) is 0 Å². The van der Waals surface area contributed by atoms with Crippen LogP contribution >= 0.6 is 0 Å². The summed E-state index contributed by atoms with van der Waals surface area (Å²) in [6, 6.07) is 7.69. The van der Waals surface area contributed by atoms with Crippen molar-refractivity contribution < 1.29 is 9.53 Å². The molecule has 1 aromatic heterocycles. The van der Waals surface area contributed by atoms with Gasteiger partial charge in [-0.3, -0.25) is 14.2 Å². The van der Waals surface area contributed by atoms with E-state index in [-0.39, 0.29) is 29.7 Å². The molecule has 3 aliphatic rings. The van der Waals surface area contributed by atoms with Gasteiger partial charge in [-0.15, -0.1) is 0 Å². The zero-order valence-electron chi connectivity index (χ0n) is 14.1. The van der Waals surface area contributed by atoms with Crippen LogP contribution in [0.15, 0.2) is 29.1 Å². The molecular weight excluding hydrogens is 318 g/mol. The Labute approximate surface area is 145 Å². The van der Waals surface area contributed by atoms with E-state index in [2.05, 4.69) is 0 Å². The predicted molar refractivity (Wildman–Crippen MR) is 92.3 cm³/mol. The second-order valence-electron chi connectivity index (χ2n) is 7.30. The van der Waals surface area contributed by atoms with Crippen molar-refractivity contribution in [2.75, 3.05) is 6.61 Å². The maximum Gasteiger partial charge on any atom is 0.261 e. The van der Waals surface area contributed by atoms with E-state index in [0.717, 1.165) is 37.0 Å². The molecule has 5 rings (SSSR count). The summed E-state index contributed by atoms with van der Waals surface area (Å²) < 4.78 is 7.42. The molecule has 0 unspecified atom stereocenters. The minimum atomic E-state index is -0.298. The third-order valence-electron chi connectivity index (χ3n) is 5.83. The number of para-hydroxylation sites is 1. The monoisotopic (exact) mass is 339 g/mol. The molecule has 3 aliphatic heterocycles. The van der Waals surface area contributed by atoms with Gasteiger partial charge in [0.15, 0.2) is 0 Å². The van der Waals surface area contributed by atoms with Crippen LogP contribution in [0.4, 0.5) is 0 Å². The number of hydrogen-bond donors (Lipinski definition) is 0. The lowest BCUT2D eigenvalue weighted by atomic mass is 10.1.